The van der Waals surface area contributed by atoms with Crippen molar-refractivity contribution in [3.63, 3.8) is 0 Å². The van der Waals surface area contributed by atoms with Crippen molar-refractivity contribution < 1.29 is 33.8 Å². The van der Waals surface area contributed by atoms with Crippen LogP contribution in [0.15, 0.2) is 21.1 Å². The first-order chi connectivity index (χ1) is 4.74. The molecule has 0 radical (unpaired) electrons. The van der Waals surface area contributed by atoms with Crippen LogP contribution < -0.4 is 0 Å². The zero-order valence-corrected chi connectivity index (χ0v) is 11.1. The summed E-state index contributed by atoms with van der Waals surface area (Å²) in [6.45, 7) is 4.56. The molecule has 0 spiro atoms. The molecule has 0 heterocycles. The molecule has 0 aromatic carbocycles. The van der Waals surface area contributed by atoms with Gasteiger partial charge in [0.2, 0.25) is 0 Å². The molecular weight excluding hydrogens is 325 g/mol. The zero-order valence-electron chi connectivity index (χ0n) is 7.46. The van der Waals surface area contributed by atoms with E-state index in [-0.39, 0.29) is 9.41 Å². The van der Waals surface area contributed by atoms with Gasteiger partial charge in [0.25, 0.3) is 0 Å². The summed E-state index contributed by atoms with van der Waals surface area (Å²) in [6, 6.07) is 0. The van der Waals surface area contributed by atoms with Gasteiger partial charge in [0.15, 0.2) is 0 Å². The molecule has 0 nitrogen and oxygen atoms in total. The van der Waals surface area contributed by atoms with Crippen molar-refractivity contribution in [1.29, 1.82) is 0 Å². The Kier molecular flexibility index (Phi) is 8.21. The molecule has 0 saturated carbocycles. The largest absolute Gasteiger partial charge is 0.269 e. The fourth-order valence-electron chi connectivity index (χ4n) is 1.13. The molecular formula is C9H15F2Hf. The van der Waals surface area contributed by atoms with Gasteiger partial charge in [-0.3, -0.25) is 9.41 Å². The van der Waals surface area contributed by atoms with Gasteiger partial charge in [0.05, 0.1) is 0 Å². The third-order valence-electron chi connectivity index (χ3n) is 2.08. The van der Waals surface area contributed by atoms with E-state index in [0.717, 1.165) is 5.92 Å². The Morgan fingerprint density at radius 3 is 2.42 bits per heavy atom. The number of allylic oxidation sites excluding steroid dienone is 4. The topological polar surface area (TPSA) is 0 Å². The normalized spacial score (nSPS) is 16.8. The molecule has 0 N–H and O–H groups in total. The fraction of sp³-hybridized carbons (Fsp3) is 0.556. The molecule has 0 saturated heterocycles. The fourth-order valence-corrected chi connectivity index (χ4v) is 2.09. The Balaban J connectivity index is 0. The summed E-state index contributed by atoms with van der Waals surface area (Å²) in [4.78, 5) is 0. The van der Waals surface area contributed by atoms with E-state index in [1.54, 1.807) is 8.90 Å². The van der Waals surface area contributed by atoms with Crippen LogP contribution in [0.1, 0.15) is 26.7 Å². The van der Waals surface area contributed by atoms with E-state index in [4.69, 9.17) is 0 Å². The quantitative estimate of drug-likeness (QED) is 0.678. The minimum absolute atomic E-state index is 0. The van der Waals surface area contributed by atoms with E-state index in [9.17, 15) is 0 Å². The van der Waals surface area contributed by atoms with Crippen LogP contribution in [-0.2, 0) is 24.4 Å². The molecule has 0 fully saturated rings. The van der Waals surface area contributed by atoms with Crippen molar-refractivity contribution in [1.82, 2.24) is 0 Å². The van der Waals surface area contributed by atoms with Crippen LogP contribution in [0.5, 0.6) is 0 Å². The van der Waals surface area contributed by atoms with Gasteiger partial charge in [-0.15, -0.1) is 0 Å². The van der Waals surface area contributed by atoms with E-state index in [2.05, 4.69) is 26.0 Å². The average molecular weight is 340 g/mol. The summed E-state index contributed by atoms with van der Waals surface area (Å²) in [5.74, 6) is 0.784. The van der Waals surface area contributed by atoms with Crippen molar-refractivity contribution in [2.45, 2.75) is 26.7 Å². The van der Waals surface area contributed by atoms with Crippen molar-refractivity contribution in [3.05, 3.63) is 21.1 Å². The van der Waals surface area contributed by atoms with Gasteiger partial charge in [-0.05, 0) is 0 Å². The number of hydrogen-bond acceptors (Lipinski definition) is 0. The van der Waals surface area contributed by atoms with Gasteiger partial charge < -0.3 is 0 Å². The van der Waals surface area contributed by atoms with E-state index in [1.165, 1.54) is 37.2 Å². The molecule has 1 unspecified atom stereocenters. The number of halogens is 2. The van der Waals surface area contributed by atoms with Crippen molar-refractivity contribution in [2.24, 2.45) is 5.92 Å². The summed E-state index contributed by atoms with van der Waals surface area (Å²) in [5.41, 5.74) is 1.58. The zero-order chi connectivity index (χ0) is 7.56. The summed E-state index contributed by atoms with van der Waals surface area (Å²) in [7, 11) is 0. The molecule has 1 atom stereocenters. The van der Waals surface area contributed by atoms with Crippen molar-refractivity contribution in [2.75, 3.05) is 0 Å². The van der Waals surface area contributed by atoms with Crippen molar-refractivity contribution >= 4 is 0 Å². The average Bonchev–Trinajstić information content (AvgIpc) is 2.34. The molecule has 0 aliphatic heterocycles. The molecule has 0 aromatic heterocycles. The molecule has 1 aliphatic rings. The molecule has 12 heavy (non-hydrogen) atoms. The maximum absolute atomic E-state index is 2.39. The Labute approximate surface area is 87.4 Å². The molecule has 1 rings (SSSR count). The molecule has 3 heteroatoms. The third kappa shape index (κ3) is 3.74. The molecule has 1 aliphatic carbocycles. The van der Waals surface area contributed by atoms with Gasteiger partial charge >= 0.3 is 78.0 Å². The first-order valence-electron chi connectivity index (χ1n) is 3.86. The second-order valence-corrected chi connectivity index (χ2v) is 5.19. The summed E-state index contributed by atoms with van der Waals surface area (Å²) in [5, 5.41) is 0. The predicted octanol–water partition coefficient (Wildman–Crippen LogP) is 3.10. The summed E-state index contributed by atoms with van der Waals surface area (Å²) < 4.78 is 1.65. The number of hydrogen-bond donors (Lipinski definition) is 0. The third-order valence-corrected chi connectivity index (χ3v) is 3.33. The summed E-state index contributed by atoms with van der Waals surface area (Å²) in [6.07, 6.45) is 7.29. The second-order valence-electron chi connectivity index (χ2n) is 2.89. The van der Waals surface area contributed by atoms with E-state index < -0.39 is 0 Å². The van der Waals surface area contributed by atoms with Crippen LogP contribution >= 0.6 is 0 Å². The van der Waals surface area contributed by atoms with Gasteiger partial charge in [-0.25, -0.2) is 0 Å². The van der Waals surface area contributed by atoms with Crippen LogP contribution in [-0.4, -0.2) is 0 Å². The standard InChI is InChI=1S/C9H13.2FH.Hf/c1-3-8(2)9-6-4-5-7-9;;;/h6-8H,3-4H2,1-2H3;2*1H;. The maximum Gasteiger partial charge on any atom is -0.269 e. The maximum atomic E-state index is 2.39. The van der Waals surface area contributed by atoms with Crippen LogP contribution in [0.25, 0.3) is 0 Å². The Morgan fingerprint density at radius 1 is 1.50 bits per heavy atom. The minimum atomic E-state index is 0. The van der Waals surface area contributed by atoms with E-state index in [1.807, 2.05) is 0 Å². The minimum Gasteiger partial charge on any atom is -0.269 e. The van der Waals surface area contributed by atoms with Gasteiger partial charge in [-0.2, -0.15) is 0 Å². The molecule has 0 bridgehead atoms. The van der Waals surface area contributed by atoms with E-state index in [0.29, 0.717) is 0 Å². The SMILES string of the molecule is CCC(C)C1=CC[C]([Hf])=C1.F.F. The Bertz CT molecular complexity index is 185. The van der Waals surface area contributed by atoms with Gasteiger partial charge in [-0.1, -0.05) is 0 Å². The molecule has 0 aromatic rings. The van der Waals surface area contributed by atoms with E-state index >= 15 is 0 Å². The Hall–Kier alpha value is 0.210. The van der Waals surface area contributed by atoms with Crippen LogP contribution in [0.2, 0.25) is 0 Å². The van der Waals surface area contributed by atoms with Gasteiger partial charge in [0, 0.05) is 0 Å². The predicted molar refractivity (Wildman–Crippen MR) is 45.2 cm³/mol. The second kappa shape index (κ2) is 6.70. The first-order valence-corrected chi connectivity index (χ1v) is 5.66. The van der Waals surface area contributed by atoms with Crippen molar-refractivity contribution in [3.8, 4) is 0 Å². The van der Waals surface area contributed by atoms with Crippen LogP contribution in [0.3, 0.4) is 0 Å². The van der Waals surface area contributed by atoms with Crippen LogP contribution in [0, 0.1) is 5.92 Å². The Morgan fingerprint density at radius 2 is 2.08 bits per heavy atom. The molecule has 0 amide bonds. The first kappa shape index (κ1) is 14.7. The van der Waals surface area contributed by atoms with Crippen LogP contribution in [0.4, 0.5) is 9.41 Å². The molecule has 69 valence electrons. The smallest absolute Gasteiger partial charge is 0.269 e. The number of rotatable bonds is 2. The monoisotopic (exact) mass is 341 g/mol. The van der Waals surface area contributed by atoms with Gasteiger partial charge in [0.1, 0.15) is 0 Å². The summed E-state index contributed by atoms with van der Waals surface area (Å²) >= 11 is 1.25.